The minimum Gasteiger partial charge on any atom is -0.484 e. The van der Waals surface area contributed by atoms with E-state index in [0.29, 0.717) is 25.6 Å². The molecule has 2 aromatic rings. The van der Waals surface area contributed by atoms with E-state index in [2.05, 4.69) is 30.3 Å². The molecule has 1 heterocycles. The Morgan fingerprint density at radius 2 is 1.69 bits per heavy atom. The summed E-state index contributed by atoms with van der Waals surface area (Å²) in [7, 11) is 0. The van der Waals surface area contributed by atoms with Gasteiger partial charge in [-0.25, -0.2) is 0 Å². The maximum Gasteiger partial charge on any atom is 0.310 e. The Morgan fingerprint density at radius 3 is 2.41 bits per heavy atom. The molecule has 1 fully saturated rings. The number of nitro benzene ring substituents is 1. The number of hydrogen-bond acceptors (Lipinski definition) is 4. The minimum absolute atomic E-state index is 0.00378. The second kappa shape index (κ2) is 10.9. The summed E-state index contributed by atoms with van der Waals surface area (Å²) in [5.41, 5.74) is 2.34. The molecule has 0 saturated carbocycles. The number of nitro groups is 1. The number of hydrogen-bond donors (Lipinski definition) is 2. The smallest absolute Gasteiger partial charge is 0.310 e. The zero-order valence-corrected chi connectivity index (χ0v) is 17.1. The molecule has 7 heteroatoms. The third-order valence-electron chi connectivity index (χ3n) is 5.36. The molecule has 156 valence electrons. The van der Waals surface area contributed by atoms with Gasteiger partial charge in [-0.15, -0.1) is 0 Å². The Hall–Kier alpha value is -2.48. The van der Waals surface area contributed by atoms with Gasteiger partial charge in [0, 0.05) is 11.6 Å². The molecule has 2 aromatic carbocycles. The van der Waals surface area contributed by atoms with Crippen molar-refractivity contribution in [1.82, 2.24) is 0 Å². The van der Waals surface area contributed by atoms with Crippen LogP contribution >= 0.6 is 0 Å². The van der Waals surface area contributed by atoms with Gasteiger partial charge in [-0.2, -0.15) is 0 Å². The van der Waals surface area contributed by atoms with E-state index in [0.717, 1.165) is 31.7 Å². The van der Waals surface area contributed by atoms with Crippen molar-refractivity contribution in [2.75, 3.05) is 52.5 Å². The zero-order chi connectivity index (χ0) is 20.5. The molecule has 0 aromatic heterocycles. The van der Waals surface area contributed by atoms with E-state index in [1.807, 2.05) is 6.92 Å². The number of quaternary nitrogens is 2. The average molecular weight is 402 g/mol. The molecule has 0 bridgehead atoms. The van der Waals surface area contributed by atoms with Crippen LogP contribution in [0.5, 0.6) is 5.75 Å². The molecule has 0 amide bonds. The van der Waals surface area contributed by atoms with Crippen molar-refractivity contribution >= 4 is 5.69 Å². The summed E-state index contributed by atoms with van der Waals surface area (Å²) >= 11 is 0. The van der Waals surface area contributed by atoms with E-state index in [1.165, 1.54) is 24.7 Å². The molecule has 1 saturated heterocycles. The molecule has 3 rings (SSSR count). The predicted molar refractivity (Wildman–Crippen MR) is 111 cm³/mol. The second-order valence-electron chi connectivity index (χ2n) is 7.60. The van der Waals surface area contributed by atoms with Crippen LogP contribution in [0.2, 0.25) is 0 Å². The Bertz CT molecular complexity index is 777. The quantitative estimate of drug-likeness (QED) is 0.341. The van der Waals surface area contributed by atoms with Crippen molar-refractivity contribution in [3.05, 3.63) is 69.8 Å². The van der Waals surface area contributed by atoms with Gasteiger partial charge in [0.25, 0.3) is 0 Å². The summed E-state index contributed by atoms with van der Waals surface area (Å²) in [6.07, 6.45) is 0. The van der Waals surface area contributed by atoms with Crippen LogP contribution in [-0.2, 0) is 11.3 Å². The lowest BCUT2D eigenvalue weighted by molar-refractivity contribution is -1.02. The van der Waals surface area contributed by atoms with E-state index in [1.54, 1.807) is 21.9 Å². The molecular formula is C22H31N3O4+2. The zero-order valence-electron chi connectivity index (χ0n) is 17.1. The fraction of sp³-hybridized carbons (Fsp3) is 0.455. The first-order valence-electron chi connectivity index (χ1n) is 10.3. The molecule has 0 unspecified atom stereocenters. The maximum absolute atomic E-state index is 11.1. The summed E-state index contributed by atoms with van der Waals surface area (Å²) < 4.78 is 11.3. The number of nitrogens with one attached hydrogen (secondary N) is 2. The average Bonchev–Trinajstić information content (AvgIpc) is 2.72. The van der Waals surface area contributed by atoms with Gasteiger partial charge in [-0.05, 0) is 18.6 Å². The lowest BCUT2D eigenvalue weighted by Gasteiger charge is -2.29. The SMILES string of the molecule is Cc1ccc([N+](=O)[O-])c(OCCOCC[NH+]2CC[NH+](Cc3ccccc3)CC2)c1. The van der Waals surface area contributed by atoms with Gasteiger partial charge >= 0.3 is 5.69 Å². The topological polar surface area (TPSA) is 70.5 Å². The maximum atomic E-state index is 11.1. The highest BCUT2D eigenvalue weighted by molar-refractivity contribution is 5.48. The molecule has 1 aliphatic heterocycles. The van der Waals surface area contributed by atoms with Crippen molar-refractivity contribution in [2.24, 2.45) is 0 Å². The van der Waals surface area contributed by atoms with Crippen molar-refractivity contribution in [3.63, 3.8) is 0 Å². The van der Waals surface area contributed by atoms with E-state index in [4.69, 9.17) is 9.47 Å². The Kier molecular flexibility index (Phi) is 7.98. The number of aryl methyl sites for hydroxylation is 1. The molecule has 1 aliphatic rings. The van der Waals surface area contributed by atoms with Crippen LogP contribution in [0.15, 0.2) is 48.5 Å². The number of ether oxygens (including phenoxy) is 2. The molecular weight excluding hydrogens is 370 g/mol. The van der Waals surface area contributed by atoms with Crippen LogP contribution in [0, 0.1) is 17.0 Å². The van der Waals surface area contributed by atoms with E-state index in [9.17, 15) is 10.1 Å². The van der Waals surface area contributed by atoms with Gasteiger partial charge in [0.05, 0.1) is 18.1 Å². The summed E-state index contributed by atoms with van der Waals surface area (Å²) in [6.45, 7) is 10.1. The molecule has 0 aliphatic carbocycles. The van der Waals surface area contributed by atoms with Crippen LogP contribution in [-0.4, -0.2) is 57.5 Å². The van der Waals surface area contributed by atoms with E-state index >= 15 is 0 Å². The highest BCUT2D eigenvalue weighted by Crippen LogP contribution is 2.27. The first-order chi connectivity index (χ1) is 14.1. The van der Waals surface area contributed by atoms with Gasteiger partial charge in [0.2, 0.25) is 0 Å². The molecule has 0 atom stereocenters. The second-order valence-corrected chi connectivity index (χ2v) is 7.60. The van der Waals surface area contributed by atoms with Crippen LogP contribution < -0.4 is 14.5 Å². The largest absolute Gasteiger partial charge is 0.484 e. The van der Waals surface area contributed by atoms with Gasteiger partial charge in [-0.1, -0.05) is 36.4 Å². The summed E-state index contributed by atoms with van der Waals surface area (Å²) in [6, 6.07) is 15.6. The Labute approximate surface area is 172 Å². The molecule has 29 heavy (non-hydrogen) atoms. The van der Waals surface area contributed by atoms with Crippen LogP contribution in [0.4, 0.5) is 5.69 Å². The van der Waals surface area contributed by atoms with Crippen molar-refractivity contribution < 1.29 is 24.2 Å². The standard InChI is InChI=1S/C22H29N3O4/c1-19-7-8-21(25(26)27)22(17-19)29-16-15-28-14-13-23-9-11-24(12-10-23)18-20-5-3-2-4-6-20/h2-8,17H,9-16,18H2,1H3/p+2. The van der Waals surface area contributed by atoms with Crippen LogP contribution in [0.1, 0.15) is 11.1 Å². The fourth-order valence-corrected chi connectivity index (χ4v) is 3.69. The van der Waals surface area contributed by atoms with Gasteiger partial charge < -0.3 is 19.3 Å². The van der Waals surface area contributed by atoms with Crippen molar-refractivity contribution in [3.8, 4) is 5.75 Å². The molecule has 0 radical (unpaired) electrons. The van der Waals surface area contributed by atoms with Gasteiger partial charge in [-0.3, -0.25) is 10.1 Å². The predicted octanol–water partition coefficient (Wildman–Crippen LogP) is 0.282. The first-order valence-corrected chi connectivity index (χ1v) is 10.3. The van der Waals surface area contributed by atoms with E-state index in [-0.39, 0.29) is 5.69 Å². The summed E-state index contributed by atoms with van der Waals surface area (Å²) in [5.74, 6) is 0.307. The normalized spacial score (nSPS) is 19.1. The number of nitrogens with zero attached hydrogens (tertiary/aromatic N) is 1. The third kappa shape index (κ3) is 6.81. The van der Waals surface area contributed by atoms with Crippen molar-refractivity contribution in [1.29, 1.82) is 0 Å². The van der Waals surface area contributed by atoms with Crippen molar-refractivity contribution in [2.45, 2.75) is 13.5 Å². The monoisotopic (exact) mass is 401 g/mol. The fourth-order valence-electron chi connectivity index (χ4n) is 3.69. The van der Waals surface area contributed by atoms with Crippen LogP contribution in [0.3, 0.4) is 0 Å². The lowest BCUT2D eigenvalue weighted by atomic mass is 10.2. The summed E-state index contributed by atoms with van der Waals surface area (Å²) in [5, 5.41) is 11.1. The molecule has 7 nitrogen and oxygen atoms in total. The Morgan fingerprint density at radius 1 is 0.966 bits per heavy atom. The first kappa shape index (κ1) is 21.2. The molecule has 2 N–H and O–H groups in total. The van der Waals surface area contributed by atoms with E-state index < -0.39 is 4.92 Å². The molecule has 0 spiro atoms. The highest BCUT2D eigenvalue weighted by atomic mass is 16.6. The van der Waals surface area contributed by atoms with Gasteiger partial charge in [0.15, 0.2) is 5.75 Å². The Balaban J connectivity index is 1.28. The number of rotatable bonds is 10. The number of piperazine rings is 1. The number of benzene rings is 2. The van der Waals surface area contributed by atoms with Crippen LogP contribution in [0.25, 0.3) is 0 Å². The highest BCUT2D eigenvalue weighted by Gasteiger charge is 2.22. The van der Waals surface area contributed by atoms with Gasteiger partial charge in [0.1, 0.15) is 45.9 Å². The third-order valence-corrected chi connectivity index (χ3v) is 5.36. The minimum atomic E-state index is -0.418. The lowest BCUT2D eigenvalue weighted by Crippen LogP contribution is -3.27. The summed E-state index contributed by atoms with van der Waals surface area (Å²) in [4.78, 5) is 13.9.